The van der Waals surface area contributed by atoms with E-state index in [1.165, 1.54) is 10.0 Å². The van der Waals surface area contributed by atoms with Crippen LogP contribution in [-0.4, -0.2) is 42.0 Å². The van der Waals surface area contributed by atoms with Crippen LogP contribution in [0.25, 0.3) is 0 Å². The quantitative estimate of drug-likeness (QED) is 0.414. The van der Waals surface area contributed by atoms with Crippen molar-refractivity contribution >= 4 is 27.6 Å². The van der Waals surface area contributed by atoms with Gasteiger partial charge in [-0.05, 0) is 25.1 Å². The lowest BCUT2D eigenvalue weighted by atomic mass is 10.2. The number of sulfonamides is 1. The van der Waals surface area contributed by atoms with Crippen LogP contribution in [-0.2, 0) is 25.8 Å². The lowest BCUT2D eigenvalue weighted by Gasteiger charge is -2.20. The molecule has 0 aromatic heterocycles. The third-order valence-electron chi connectivity index (χ3n) is 2.67. The number of rotatable bonds is 6. The number of carbonyl (C=O) groups is 2. The maximum absolute atomic E-state index is 13.0. The molecule has 4 N–H and O–H groups in total. The Labute approximate surface area is 138 Å². The second-order valence-electron chi connectivity index (χ2n) is 4.97. The van der Waals surface area contributed by atoms with E-state index in [1.807, 2.05) is 0 Å². The first kappa shape index (κ1) is 20.6. The van der Waals surface area contributed by atoms with Gasteiger partial charge in [0, 0.05) is 0 Å². The summed E-state index contributed by atoms with van der Waals surface area (Å²) in [6.45, 7) is 0.648. The van der Waals surface area contributed by atoms with Crippen LogP contribution in [0, 0.1) is 5.82 Å². The molecular formula is C12H12F4N2O6S. The van der Waals surface area contributed by atoms with Gasteiger partial charge in [0.25, 0.3) is 0 Å². The van der Waals surface area contributed by atoms with E-state index in [-0.39, 0.29) is 6.07 Å². The van der Waals surface area contributed by atoms with E-state index in [0.29, 0.717) is 19.1 Å². The van der Waals surface area contributed by atoms with Gasteiger partial charge in [-0.3, -0.25) is 9.52 Å². The molecule has 0 saturated heterocycles. The molecule has 0 aliphatic heterocycles. The van der Waals surface area contributed by atoms with E-state index >= 15 is 0 Å². The maximum Gasteiger partial charge on any atom is 0.418 e. The van der Waals surface area contributed by atoms with E-state index < -0.39 is 56.6 Å². The summed E-state index contributed by atoms with van der Waals surface area (Å²) in [5.41, 5.74) is -5.42. The first-order chi connectivity index (χ1) is 11.1. The van der Waals surface area contributed by atoms with Gasteiger partial charge in [0.15, 0.2) is 0 Å². The number of aliphatic hydroxyl groups is 1. The lowest BCUT2D eigenvalue weighted by molar-refractivity contribution is -0.162. The molecule has 1 rings (SSSR count). The first-order valence-electron chi connectivity index (χ1n) is 6.28. The second kappa shape index (κ2) is 6.84. The Balaban J connectivity index is 3.00. The number of anilines is 1. The molecule has 13 heteroatoms. The molecular weight excluding hydrogens is 376 g/mol. The first-order valence-corrected chi connectivity index (χ1v) is 7.93. The van der Waals surface area contributed by atoms with Crippen molar-refractivity contribution in [2.24, 2.45) is 0 Å². The van der Waals surface area contributed by atoms with Gasteiger partial charge in [0.05, 0.1) is 11.3 Å². The predicted molar refractivity (Wildman–Crippen MR) is 75.2 cm³/mol. The summed E-state index contributed by atoms with van der Waals surface area (Å²) >= 11 is 0. The van der Waals surface area contributed by atoms with Crippen molar-refractivity contribution in [2.75, 3.05) is 10.5 Å². The number of carboxylic acids is 1. The number of hydrogen-bond donors (Lipinski definition) is 4. The Morgan fingerprint density at radius 2 is 1.80 bits per heavy atom. The number of amides is 1. The molecule has 25 heavy (non-hydrogen) atoms. The fraction of sp³-hybridized carbons (Fsp3) is 0.333. The molecule has 140 valence electrons. The van der Waals surface area contributed by atoms with Crippen molar-refractivity contribution in [3.63, 3.8) is 0 Å². The molecule has 1 unspecified atom stereocenters. The Kier molecular flexibility index (Phi) is 5.64. The number of benzene rings is 1. The molecule has 0 bridgehead atoms. The third kappa shape index (κ3) is 5.86. The predicted octanol–water partition coefficient (Wildman–Crippen LogP) is 0.495. The molecule has 0 aliphatic rings. The normalized spacial score (nSPS) is 14.5. The average Bonchev–Trinajstić information content (AvgIpc) is 2.37. The van der Waals surface area contributed by atoms with Crippen molar-refractivity contribution in [1.82, 2.24) is 5.32 Å². The minimum Gasteiger partial charge on any atom is -0.478 e. The molecule has 0 radical (unpaired) electrons. The average molecular weight is 388 g/mol. The SMILES string of the molecule is CC(O)(NC(=O)CS(=O)(=O)Nc1ccc(F)cc1C(F)(F)F)C(=O)O. The number of carboxylic acid groups (broad SMARTS) is 1. The van der Waals surface area contributed by atoms with Gasteiger partial charge in [-0.25, -0.2) is 17.6 Å². The van der Waals surface area contributed by atoms with E-state index in [9.17, 15) is 40.7 Å². The fourth-order valence-electron chi connectivity index (χ4n) is 1.58. The molecule has 1 aromatic carbocycles. The van der Waals surface area contributed by atoms with Crippen LogP contribution in [0.5, 0.6) is 0 Å². The zero-order valence-corrected chi connectivity index (χ0v) is 13.2. The third-order valence-corrected chi connectivity index (χ3v) is 3.85. The molecule has 1 amide bonds. The van der Waals surface area contributed by atoms with Gasteiger partial charge >= 0.3 is 12.1 Å². The molecule has 0 aliphatic carbocycles. The highest BCUT2D eigenvalue weighted by atomic mass is 32.2. The van der Waals surface area contributed by atoms with Crippen molar-refractivity contribution < 1.29 is 45.8 Å². The van der Waals surface area contributed by atoms with Crippen LogP contribution in [0.15, 0.2) is 18.2 Å². The van der Waals surface area contributed by atoms with Crippen molar-refractivity contribution in [1.29, 1.82) is 0 Å². The van der Waals surface area contributed by atoms with Crippen LogP contribution in [0.4, 0.5) is 23.2 Å². The molecule has 0 saturated carbocycles. The Morgan fingerprint density at radius 3 is 2.28 bits per heavy atom. The zero-order chi connectivity index (χ0) is 19.6. The standard InChI is InChI=1S/C12H12F4N2O6S/c1-11(22,10(20)21)17-9(19)5-25(23,24)18-8-3-2-6(13)4-7(8)12(14,15)16/h2-4,18,22H,5H2,1H3,(H,17,19)(H,20,21). The largest absolute Gasteiger partial charge is 0.478 e. The fourth-order valence-corrected chi connectivity index (χ4v) is 2.58. The van der Waals surface area contributed by atoms with E-state index in [2.05, 4.69) is 0 Å². The topological polar surface area (TPSA) is 133 Å². The van der Waals surface area contributed by atoms with Gasteiger partial charge in [-0.15, -0.1) is 0 Å². The monoisotopic (exact) mass is 388 g/mol. The maximum atomic E-state index is 13.0. The molecule has 0 heterocycles. The minimum atomic E-state index is -5.07. The summed E-state index contributed by atoms with van der Waals surface area (Å²) < 4.78 is 76.4. The number of nitrogens with one attached hydrogen (secondary N) is 2. The highest BCUT2D eigenvalue weighted by Gasteiger charge is 2.36. The lowest BCUT2D eigenvalue weighted by Crippen LogP contribution is -2.53. The van der Waals surface area contributed by atoms with E-state index in [1.54, 1.807) is 0 Å². The van der Waals surface area contributed by atoms with Crippen molar-refractivity contribution in [3.05, 3.63) is 29.6 Å². The number of carbonyl (C=O) groups excluding carboxylic acids is 1. The summed E-state index contributed by atoms with van der Waals surface area (Å²) in [5, 5.41) is 19.3. The second-order valence-corrected chi connectivity index (χ2v) is 6.70. The Morgan fingerprint density at radius 1 is 1.24 bits per heavy atom. The van der Waals surface area contributed by atoms with Crippen LogP contribution in [0.1, 0.15) is 12.5 Å². The van der Waals surface area contributed by atoms with Crippen LogP contribution in [0.3, 0.4) is 0 Å². The molecule has 0 spiro atoms. The van der Waals surface area contributed by atoms with Gasteiger partial charge < -0.3 is 15.5 Å². The summed E-state index contributed by atoms with van der Waals surface area (Å²) in [4.78, 5) is 22.1. The van der Waals surface area contributed by atoms with Gasteiger partial charge in [0.2, 0.25) is 21.7 Å². The summed E-state index contributed by atoms with van der Waals surface area (Å²) in [6, 6.07) is 1.15. The van der Waals surface area contributed by atoms with Gasteiger partial charge in [-0.1, -0.05) is 0 Å². The Hall–Kier alpha value is -2.41. The summed E-state index contributed by atoms with van der Waals surface area (Å²) in [7, 11) is -4.72. The Bertz CT molecular complexity index is 791. The van der Waals surface area contributed by atoms with Crippen LogP contribution >= 0.6 is 0 Å². The van der Waals surface area contributed by atoms with Gasteiger partial charge in [0.1, 0.15) is 11.6 Å². The van der Waals surface area contributed by atoms with E-state index in [0.717, 1.165) is 0 Å². The molecule has 0 fully saturated rings. The molecule has 1 atom stereocenters. The van der Waals surface area contributed by atoms with Gasteiger partial charge in [-0.2, -0.15) is 13.2 Å². The summed E-state index contributed by atoms with van der Waals surface area (Å²) in [5.74, 6) is -6.12. The number of halogens is 4. The van der Waals surface area contributed by atoms with Crippen molar-refractivity contribution in [3.8, 4) is 0 Å². The molecule has 8 nitrogen and oxygen atoms in total. The van der Waals surface area contributed by atoms with Crippen LogP contribution < -0.4 is 10.0 Å². The van der Waals surface area contributed by atoms with E-state index in [4.69, 9.17) is 5.11 Å². The highest BCUT2D eigenvalue weighted by Crippen LogP contribution is 2.35. The summed E-state index contributed by atoms with van der Waals surface area (Å²) in [6.07, 6.45) is -5.07. The number of alkyl halides is 3. The molecule has 1 aromatic rings. The minimum absolute atomic E-state index is 0.0626. The van der Waals surface area contributed by atoms with Crippen molar-refractivity contribution in [2.45, 2.75) is 18.8 Å². The highest BCUT2D eigenvalue weighted by molar-refractivity contribution is 7.93. The number of aliphatic carboxylic acids is 1. The number of hydrogen-bond acceptors (Lipinski definition) is 5. The zero-order valence-electron chi connectivity index (χ0n) is 12.4. The van der Waals surface area contributed by atoms with Crippen LogP contribution in [0.2, 0.25) is 0 Å². The smallest absolute Gasteiger partial charge is 0.418 e.